The van der Waals surface area contributed by atoms with E-state index in [1.807, 2.05) is 33.8 Å². The number of thiophene rings is 1. The highest BCUT2D eigenvalue weighted by Crippen LogP contribution is 2.29. The Morgan fingerprint density at radius 2 is 2.14 bits per heavy atom. The Balaban J connectivity index is 1.85. The van der Waals surface area contributed by atoms with Crippen LogP contribution >= 0.6 is 23.1 Å². The van der Waals surface area contributed by atoms with E-state index in [0.717, 1.165) is 10.4 Å². The number of hydrogen-bond donors (Lipinski definition) is 1. The van der Waals surface area contributed by atoms with E-state index in [9.17, 15) is 9.59 Å². The molecule has 0 aliphatic rings. The zero-order valence-corrected chi connectivity index (χ0v) is 17.7. The van der Waals surface area contributed by atoms with Crippen LogP contribution in [-0.2, 0) is 4.79 Å². The van der Waals surface area contributed by atoms with Gasteiger partial charge in [-0.3, -0.25) is 14.2 Å². The lowest BCUT2D eigenvalue weighted by Crippen LogP contribution is -2.25. The van der Waals surface area contributed by atoms with Crippen LogP contribution in [0.25, 0.3) is 10.2 Å². The molecule has 0 fully saturated rings. The molecule has 3 rings (SSSR count). The number of anilines is 1. The highest BCUT2D eigenvalue weighted by molar-refractivity contribution is 7.99. The largest absolute Gasteiger partial charge is 0.325 e. The molecule has 2 heterocycles. The van der Waals surface area contributed by atoms with Crippen molar-refractivity contribution in [3.63, 3.8) is 0 Å². The van der Waals surface area contributed by atoms with Crippen molar-refractivity contribution < 1.29 is 4.79 Å². The molecule has 0 atom stereocenters. The number of aromatic nitrogens is 2. The number of thioether (sulfide) groups is 1. The van der Waals surface area contributed by atoms with Crippen LogP contribution in [0.3, 0.4) is 0 Å². The molecular formula is C20H20N4O2S2. The maximum atomic E-state index is 13.0. The number of hydrogen-bond acceptors (Lipinski definition) is 6. The van der Waals surface area contributed by atoms with Crippen LogP contribution in [0.1, 0.15) is 35.9 Å². The van der Waals surface area contributed by atoms with Crippen molar-refractivity contribution in [2.24, 2.45) is 0 Å². The third-order valence-electron chi connectivity index (χ3n) is 4.33. The number of carbonyl (C=O) groups excluding carboxylic acids is 1. The van der Waals surface area contributed by atoms with Crippen LogP contribution in [0.5, 0.6) is 0 Å². The summed E-state index contributed by atoms with van der Waals surface area (Å²) in [5, 5.41) is 12.9. The standard InChI is InChI=1S/C20H20N4O2S2/c1-11(2)24-19(26)17-12(3)13(4)28-18(17)23-20(24)27-10-16(25)22-15-7-5-6-14(8-15)9-21/h5-8,11H,10H2,1-4H3,(H,22,25). The van der Waals surface area contributed by atoms with Crippen molar-refractivity contribution in [1.29, 1.82) is 5.26 Å². The van der Waals surface area contributed by atoms with Gasteiger partial charge in [0.05, 0.1) is 22.8 Å². The van der Waals surface area contributed by atoms with E-state index in [0.29, 0.717) is 26.6 Å². The van der Waals surface area contributed by atoms with E-state index in [4.69, 9.17) is 5.26 Å². The minimum Gasteiger partial charge on any atom is -0.325 e. The lowest BCUT2D eigenvalue weighted by Gasteiger charge is -2.15. The predicted molar refractivity (Wildman–Crippen MR) is 114 cm³/mol. The summed E-state index contributed by atoms with van der Waals surface area (Å²) in [6.07, 6.45) is 0. The van der Waals surface area contributed by atoms with Crippen LogP contribution < -0.4 is 10.9 Å². The minimum atomic E-state index is -0.219. The fraction of sp³-hybridized carbons (Fsp3) is 0.300. The molecule has 1 aromatic carbocycles. The SMILES string of the molecule is Cc1sc2nc(SCC(=O)Nc3cccc(C#N)c3)n(C(C)C)c(=O)c2c1C. The number of rotatable bonds is 5. The molecule has 2 aromatic heterocycles. The average Bonchev–Trinajstić information content (AvgIpc) is 2.94. The molecule has 6 nitrogen and oxygen atoms in total. The number of nitrogens with zero attached hydrogens (tertiary/aromatic N) is 3. The molecule has 0 aliphatic heterocycles. The topological polar surface area (TPSA) is 87.8 Å². The summed E-state index contributed by atoms with van der Waals surface area (Å²) in [6, 6.07) is 8.72. The van der Waals surface area contributed by atoms with Gasteiger partial charge in [0.2, 0.25) is 5.91 Å². The lowest BCUT2D eigenvalue weighted by molar-refractivity contribution is -0.113. The van der Waals surface area contributed by atoms with Crippen LogP contribution in [-0.4, -0.2) is 21.2 Å². The number of amides is 1. The van der Waals surface area contributed by atoms with Gasteiger partial charge < -0.3 is 5.32 Å². The normalized spacial score (nSPS) is 11.0. The molecule has 28 heavy (non-hydrogen) atoms. The molecule has 1 N–H and O–H groups in total. The van der Waals surface area contributed by atoms with Gasteiger partial charge in [0.15, 0.2) is 5.16 Å². The number of fused-ring (bicyclic) bond motifs is 1. The first-order valence-electron chi connectivity index (χ1n) is 8.77. The molecule has 0 spiro atoms. The predicted octanol–water partition coefficient (Wildman–Crippen LogP) is 4.26. The van der Waals surface area contributed by atoms with Gasteiger partial charge in [-0.15, -0.1) is 11.3 Å². The third-order valence-corrected chi connectivity index (χ3v) is 6.38. The van der Waals surface area contributed by atoms with Gasteiger partial charge in [-0.05, 0) is 51.5 Å². The third kappa shape index (κ3) is 3.96. The van der Waals surface area contributed by atoms with Gasteiger partial charge in [0.1, 0.15) is 4.83 Å². The molecule has 8 heteroatoms. The van der Waals surface area contributed by atoms with Crippen molar-refractivity contribution in [2.75, 3.05) is 11.1 Å². The Kier molecular flexibility index (Phi) is 5.87. The van der Waals surface area contributed by atoms with E-state index >= 15 is 0 Å². The molecule has 3 aromatic rings. The van der Waals surface area contributed by atoms with Crippen molar-refractivity contribution >= 4 is 44.9 Å². The van der Waals surface area contributed by atoms with E-state index in [2.05, 4.69) is 10.3 Å². The monoisotopic (exact) mass is 412 g/mol. The van der Waals surface area contributed by atoms with E-state index in [1.165, 1.54) is 23.1 Å². The summed E-state index contributed by atoms with van der Waals surface area (Å²) in [7, 11) is 0. The minimum absolute atomic E-state index is 0.0634. The zero-order valence-electron chi connectivity index (χ0n) is 16.1. The van der Waals surface area contributed by atoms with Gasteiger partial charge >= 0.3 is 0 Å². The quantitative estimate of drug-likeness (QED) is 0.500. The van der Waals surface area contributed by atoms with E-state index in [1.54, 1.807) is 28.8 Å². The zero-order chi connectivity index (χ0) is 20.4. The lowest BCUT2D eigenvalue weighted by atomic mass is 10.2. The molecule has 0 unspecified atom stereocenters. The van der Waals surface area contributed by atoms with Gasteiger partial charge in [-0.1, -0.05) is 17.8 Å². The first-order valence-corrected chi connectivity index (χ1v) is 10.6. The smallest absolute Gasteiger partial charge is 0.263 e. The second-order valence-electron chi connectivity index (χ2n) is 6.66. The van der Waals surface area contributed by atoms with E-state index < -0.39 is 0 Å². The van der Waals surface area contributed by atoms with Gasteiger partial charge in [0.25, 0.3) is 5.56 Å². The maximum Gasteiger partial charge on any atom is 0.263 e. The molecular weight excluding hydrogens is 392 g/mol. The van der Waals surface area contributed by atoms with Crippen molar-refractivity contribution in [1.82, 2.24) is 9.55 Å². The summed E-state index contributed by atoms with van der Waals surface area (Å²) < 4.78 is 1.65. The first kappa shape index (κ1) is 20.1. The van der Waals surface area contributed by atoms with Crippen LogP contribution in [0.4, 0.5) is 5.69 Å². The van der Waals surface area contributed by atoms with Gasteiger partial charge in [0, 0.05) is 16.6 Å². The molecule has 0 bridgehead atoms. The Morgan fingerprint density at radius 3 is 2.82 bits per heavy atom. The van der Waals surface area contributed by atoms with Gasteiger partial charge in [-0.2, -0.15) is 5.26 Å². The number of nitrogens with one attached hydrogen (secondary N) is 1. The maximum absolute atomic E-state index is 13.0. The Morgan fingerprint density at radius 1 is 1.39 bits per heavy atom. The Bertz CT molecular complexity index is 1160. The first-order chi connectivity index (χ1) is 13.3. The summed E-state index contributed by atoms with van der Waals surface area (Å²) >= 11 is 2.74. The fourth-order valence-electron chi connectivity index (χ4n) is 2.84. The molecule has 0 saturated carbocycles. The second-order valence-corrected chi connectivity index (χ2v) is 8.80. The molecule has 0 saturated heterocycles. The van der Waals surface area contributed by atoms with Gasteiger partial charge in [-0.25, -0.2) is 4.98 Å². The second kappa shape index (κ2) is 8.17. The van der Waals surface area contributed by atoms with E-state index in [-0.39, 0.29) is 23.3 Å². The molecule has 1 amide bonds. The van der Waals surface area contributed by atoms with Crippen molar-refractivity contribution in [2.45, 2.75) is 38.9 Å². The van der Waals surface area contributed by atoms with Crippen LogP contribution in [0.2, 0.25) is 0 Å². The van der Waals surface area contributed by atoms with Crippen LogP contribution in [0.15, 0.2) is 34.2 Å². The molecule has 144 valence electrons. The summed E-state index contributed by atoms with van der Waals surface area (Å²) in [4.78, 5) is 31.8. The molecule has 0 aliphatic carbocycles. The average molecular weight is 413 g/mol. The number of nitriles is 1. The highest BCUT2D eigenvalue weighted by atomic mass is 32.2. The summed E-state index contributed by atoms with van der Waals surface area (Å²) in [6.45, 7) is 7.79. The summed E-state index contributed by atoms with van der Waals surface area (Å²) in [5.41, 5.74) is 1.96. The number of carbonyl (C=O) groups is 1. The van der Waals surface area contributed by atoms with Crippen molar-refractivity contribution in [3.8, 4) is 6.07 Å². The highest BCUT2D eigenvalue weighted by Gasteiger charge is 2.19. The fourth-order valence-corrected chi connectivity index (χ4v) is 4.84. The Labute approximate surface area is 171 Å². The number of benzene rings is 1. The van der Waals surface area contributed by atoms with Crippen molar-refractivity contribution in [3.05, 3.63) is 50.6 Å². The number of aryl methyl sites for hydroxylation is 2. The van der Waals surface area contributed by atoms with Crippen LogP contribution in [0, 0.1) is 25.2 Å². The Hall–Kier alpha value is -2.63. The summed E-state index contributed by atoms with van der Waals surface area (Å²) in [5.74, 6) is -0.103. The molecule has 0 radical (unpaired) electrons.